The summed E-state index contributed by atoms with van der Waals surface area (Å²) in [5, 5.41) is 16.4. The van der Waals surface area contributed by atoms with Crippen molar-refractivity contribution < 1.29 is 13.7 Å². The topological polar surface area (TPSA) is 70.5 Å². The summed E-state index contributed by atoms with van der Waals surface area (Å²) in [4.78, 5) is 0. The molecule has 0 unspecified atom stereocenters. The number of aromatic amines is 2. The van der Waals surface area contributed by atoms with Gasteiger partial charge in [0, 0.05) is 0 Å². The number of aryl methyl sites for hydroxylation is 2. The Kier molecular flexibility index (Phi) is 3.21. The molecule has 6 nitrogen and oxygen atoms in total. The van der Waals surface area contributed by atoms with Crippen molar-refractivity contribution in [2.24, 2.45) is 0 Å². The third kappa shape index (κ3) is 1.91. The first kappa shape index (κ1) is 14.9. The first-order valence-electron chi connectivity index (χ1n) is 7.29. The highest BCUT2D eigenvalue weighted by atomic mass is 35.5. The molecule has 0 aliphatic carbocycles. The van der Waals surface area contributed by atoms with Crippen LogP contribution in [-0.2, 0) is 0 Å². The zero-order valence-electron chi connectivity index (χ0n) is 13.2. The van der Waals surface area contributed by atoms with Crippen molar-refractivity contribution >= 4 is 33.7 Å². The number of methoxy groups -OCH3 is 1. The third-order valence-electron chi connectivity index (χ3n) is 4.11. The largest absolute Gasteiger partial charge is 0.495 e. The summed E-state index contributed by atoms with van der Waals surface area (Å²) in [5.74, 6) is 0.225. The predicted octanol–water partition coefficient (Wildman–Crippen LogP) is 3.13. The van der Waals surface area contributed by atoms with Crippen molar-refractivity contribution in [2.45, 2.75) is 13.8 Å². The standard InChI is InChI=1S/C16H13ClFN5O/c1-7-12-14(24-3)13-8(2)20-22-16(13)23(15(12)21-19-7)9-4-5-11(18)10(17)6-9/h4-6H,1-3H3,(H,19,20,21,22)/p+1. The van der Waals surface area contributed by atoms with Gasteiger partial charge in [0.2, 0.25) is 0 Å². The number of nitrogens with one attached hydrogen (secondary N) is 2. The molecule has 4 aromatic rings. The second-order valence-electron chi connectivity index (χ2n) is 5.55. The highest BCUT2D eigenvalue weighted by Gasteiger charge is 2.27. The van der Waals surface area contributed by atoms with Crippen LogP contribution >= 0.6 is 11.6 Å². The van der Waals surface area contributed by atoms with E-state index in [1.165, 1.54) is 6.07 Å². The van der Waals surface area contributed by atoms with Crippen molar-refractivity contribution in [2.75, 3.05) is 7.11 Å². The number of H-pyrrole nitrogens is 2. The minimum atomic E-state index is -0.471. The molecule has 3 aromatic heterocycles. The van der Waals surface area contributed by atoms with Gasteiger partial charge in [-0.3, -0.25) is 0 Å². The number of halogens is 2. The van der Waals surface area contributed by atoms with Crippen LogP contribution in [0.15, 0.2) is 18.2 Å². The molecule has 0 aliphatic heterocycles. The molecule has 0 radical (unpaired) electrons. The van der Waals surface area contributed by atoms with Gasteiger partial charge in [-0.25, -0.2) is 9.49 Å². The number of pyridine rings is 1. The van der Waals surface area contributed by atoms with Crippen LogP contribution in [-0.4, -0.2) is 27.5 Å². The van der Waals surface area contributed by atoms with Crippen LogP contribution < -0.4 is 9.30 Å². The Hall–Kier alpha value is -2.67. The Bertz CT molecular complexity index is 1040. The van der Waals surface area contributed by atoms with Gasteiger partial charge in [0.1, 0.15) is 22.3 Å². The van der Waals surface area contributed by atoms with E-state index >= 15 is 0 Å². The molecule has 0 saturated heterocycles. The quantitative estimate of drug-likeness (QED) is 0.548. The summed E-state index contributed by atoms with van der Waals surface area (Å²) in [6.45, 7) is 3.81. The van der Waals surface area contributed by atoms with Crippen LogP contribution in [0.4, 0.5) is 4.39 Å². The molecule has 3 heterocycles. The number of aromatic nitrogens is 5. The minimum Gasteiger partial charge on any atom is -0.495 e. The Morgan fingerprint density at radius 2 is 1.96 bits per heavy atom. The summed E-state index contributed by atoms with van der Waals surface area (Å²) in [6.07, 6.45) is 0. The third-order valence-corrected chi connectivity index (χ3v) is 4.40. The van der Waals surface area contributed by atoms with Gasteiger partial charge in [-0.05, 0) is 37.1 Å². The van der Waals surface area contributed by atoms with E-state index in [-0.39, 0.29) is 5.02 Å². The van der Waals surface area contributed by atoms with E-state index in [4.69, 9.17) is 16.3 Å². The lowest BCUT2D eigenvalue weighted by Crippen LogP contribution is -2.33. The smallest absolute Gasteiger partial charge is 0.304 e. The monoisotopic (exact) mass is 346 g/mol. The highest BCUT2D eigenvalue weighted by molar-refractivity contribution is 6.30. The van der Waals surface area contributed by atoms with E-state index in [1.54, 1.807) is 19.2 Å². The Morgan fingerprint density at radius 3 is 2.67 bits per heavy atom. The number of benzene rings is 1. The fraction of sp³-hybridized carbons (Fsp3) is 0.188. The SMILES string of the molecule is COc1c2c(C)[nH]nc2[n+](-c2ccc(F)c(Cl)c2)c2[nH]nc(C)c12. The van der Waals surface area contributed by atoms with Gasteiger partial charge in [0.05, 0.1) is 23.5 Å². The molecule has 0 aliphatic rings. The van der Waals surface area contributed by atoms with Crippen molar-refractivity contribution in [1.29, 1.82) is 0 Å². The van der Waals surface area contributed by atoms with Gasteiger partial charge in [-0.15, -0.1) is 5.10 Å². The molecule has 0 amide bonds. The second kappa shape index (κ2) is 5.17. The summed E-state index contributed by atoms with van der Waals surface area (Å²) in [5.41, 5.74) is 3.68. The van der Waals surface area contributed by atoms with Crippen molar-refractivity contribution in [3.63, 3.8) is 0 Å². The molecular weight excluding hydrogens is 333 g/mol. The summed E-state index contributed by atoms with van der Waals surface area (Å²) in [7, 11) is 1.62. The Labute approximate surface area is 141 Å². The number of fused-ring (bicyclic) bond motifs is 2. The Morgan fingerprint density at radius 1 is 1.17 bits per heavy atom. The van der Waals surface area contributed by atoms with E-state index < -0.39 is 5.82 Å². The van der Waals surface area contributed by atoms with Crippen LogP contribution in [0.3, 0.4) is 0 Å². The lowest BCUT2D eigenvalue weighted by atomic mass is 10.1. The minimum absolute atomic E-state index is 0.0422. The van der Waals surface area contributed by atoms with Crippen LogP contribution in [0, 0.1) is 19.7 Å². The van der Waals surface area contributed by atoms with Gasteiger partial charge < -0.3 is 4.74 Å². The van der Waals surface area contributed by atoms with Crippen LogP contribution in [0.1, 0.15) is 11.4 Å². The molecule has 4 rings (SSSR count). The first-order valence-corrected chi connectivity index (χ1v) is 7.67. The van der Waals surface area contributed by atoms with Crippen molar-refractivity contribution in [1.82, 2.24) is 20.4 Å². The maximum absolute atomic E-state index is 13.6. The number of ether oxygens (including phenoxy) is 1. The average molecular weight is 347 g/mol. The van der Waals surface area contributed by atoms with E-state index in [0.29, 0.717) is 22.7 Å². The molecular formula is C16H14ClFN5O+. The summed E-state index contributed by atoms with van der Waals surface area (Å²) in [6, 6.07) is 4.53. The normalized spacial score (nSPS) is 11.5. The van der Waals surface area contributed by atoms with Gasteiger partial charge >= 0.3 is 5.65 Å². The number of hydrogen-bond donors (Lipinski definition) is 2. The molecule has 24 heavy (non-hydrogen) atoms. The second-order valence-corrected chi connectivity index (χ2v) is 5.95. The number of nitrogens with zero attached hydrogens (tertiary/aromatic N) is 3. The zero-order chi connectivity index (χ0) is 17.0. The van der Waals surface area contributed by atoms with E-state index in [2.05, 4.69) is 20.4 Å². The van der Waals surface area contributed by atoms with Crippen LogP contribution in [0.25, 0.3) is 27.8 Å². The zero-order valence-corrected chi connectivity index (χ0v) is 14.0. The Balaban J connectivity index is 2.23. The van der Waals surface area contributed by atoms with Crippen molar-refractivity contribution in [3.8, 4) is 11.4 Å². The number of hydrogen-bond acceptors (Lipinski definition) is 3. The molecule has 0 bridgehead atoms. The van der Waals surface area contributed by atoms with Gasteiger partial charge in [-0.2, -0.15) is 9.67 Å². The predicted molar refractivity (Wildman–Crippen MR) is 88.3 cm³/mol. The van der Waals surface area contributed by atoms with E-state index in [1.807, 2.05) is 18.4 Å². The van der Waals surface area contributed by atoms with E-state index in [9.17, 15) is 4.39 Å². The molecule has 0 atom stereocenters. The molecule has 0 fully saturated rings. The number of rotatable bonds is 2. The lowest BCUT2D eigenvalue weighted by Gasteiger charge is -2.08. The van der Waals surface area contributed by atoms with E-state index in [0.717, 1.165) is 22.2 Å². The molecule has 1 aromatic carbocycles. The summed E-state index contributed by atoms with van der Waals surface area (Å²) >= 11 is 5.97. The molecule has 122 valence electrons. The van der Waals surface area contributed by atoms with Crippen LogP contribution in [0.2, 0.25) is 5.02 Å². The summed E-state index contributed by atoms with van der Waals surface area (Å²) < 4.78 is 21.0. The van der Waals surface area contributed by atoms with Crippen molar-refractivity contribution in [3.05, 3.63) is 40.4 Å². The van der Waals surface area contributed by atoms with Gasteiger partial charge in [0.25, 0.3) is 5.65 Å². The van der Waals surface area contributed by atoms with Gasteiger partial charge in [0.15, 0.2) is 5.75 Å². The fourth-order valence-electron chi connectivity index (χ4n) is 3.01. The molecule has 8 heteroatoms. The highest BCUT2D eigenvalue weighted by Crippen LogP contribution is 2.34. The maximum atomic E-state index is 13.6. The maximum Gasteiger partial charge on any atom is 0.304 e. The fourth-order valence-corrected chi connectivity index (χ4v) is 3.19. The van der Waals surface area contributed by atoms with Gasteiger partial charge in [-0.1, -0.05) is 11.6 Å². The molecule has 0 saturated carbocycles. The first-order chi connectivity index (χ1) is 11.5. The average Bonchev–Trinajstić information content (AvgIpc) is 3.13. The molecule has 2 N–H and O–H groups in total. The lowest BCUT2D eigenvalue weighted by molar-refractivity contribution is -0.542. The van der Waals surface area contributed by atoms with Crippen LogP contribution in [0.5, 0.6) is 5.75 Å². The molecule has 0 spiro atoms.